The minimum Gasteiger partial charge on any atom is -0.342 e. The van der Waals surface area contributed by atoms with E-state index in [0.29, 0.717) is 18.8 Å². The van der Waals surface area contributed by atoms with Crippen LogP contribution in [0.4, 0.5) is 11.4 Å². The number of quaternary nitrogens is 1. The molecule has 0 bridgehead atoms. The minimum atomic E-state index is -0.676. The second-order valence-electron chi connectivity index (χ2n) is 7.63. The molecule has 7 nitrogen and oxygen atoms in total. The summed E-state index contributed by atoms with van der Waals surface area (Å²) in [6.07, 6.45) is 3.81. The van der Waals surface area contributed by atoms with Gasteiger partial charge >= 0.3 is 11.8 Å². The van der Waals surface area contributed by atoms with Gasteiger partial charge in [-0.25, -0.2) is 0 Å². The van der Waals surface area contributed by atoms with E-state index in [9.17, 15) is 14.4 Å². The first-order chi connectivity index (χ1) is 13.5. The minimum absolute atomic E-state index is 0.155. The average Bonchev–Trinajstić information content (AvgIpc) is 3.55. The number of benzene rings is 1. The molecule has 28 heavy (non-hydrogen) atoms. The summed E-state index contributed by atoms with van der Waals surface area (Å²) < 4.78 is 0. The van der Waals surface area contributed by atoms with Crippen molar-refractivity contribution in [3.8, 4) is 0 Å². The molecular weight excluding hydrogens is 356 g/mol. The van der Waals surface area contributed by atoms with Crippen LogP contribution in [0.15, 0.2) is 18.2 Å². The van der Waals surface area contributed by atoms with Crippen molar-refractivity contribution in [1.29, 1.82) is 0 Å². The van der Waals surface area contributed by atoms with Crippen LogP contribution in [-0.2, 0) is 20.8 Å². The molecule has 0 radical (unpaired) electrons. The van der Waals surface area contributed by atoms with E-state index in [0.717, 1.165) is 56.6 Å². The van der Waals surface area contributed by atoms with Crippen molar-refractivity contribution in [2.24, 2.45) is 5.92 Å². The number of carbonyl (C=O) groups excluding carboxylic acids is 3. The molecule has 1 heterocycles. The Balaban J connectivity index is 1.59. The molecule has 0 unspecified atom stereocenters. The third-order valence-electron chi connectivity index (χ3n) is 5.62. The fourth-order valence-corrected chi connectivity index (χ4v) is 3.66. The third-order valence-corrected chi connectivity index (χ3v) is 5.62. The Hall–Kier alpha value is -2.41. The summed E-state index contributed by atoms with van der Waals surface area (Å²) in [5.41, 5.74) is 2.53. The Bertz CT molecular complexity index is 741. The second kappa shape index (κ2) is 9.19. The summed E-state index contributed by atoms with van der Waals surface area (Å²) in [5.74, 6) is -0.968. The molecule has 1 aliphatic carbocycles. The lowest BCUT2D eigenvalue weighted by atomic mass is 10.0. The zero-order chi connectivity index (χ0) is 20.1. The monoisotopic (exact) mass is 387 g/mol. The molecule has 2 aliphatic rings. The van der Waals surface area contributed by atoms with Crippen LogP contribution in [0.1, 0.15) is 38.7 Å². The van der Waals surface area contributed by atoms with E-state index in [1.165, 1.54) is 4.90 Å². The highest BCUT2D eigenvalue weighted by molar-refractivity contribution is 6.39. The summed E-state index contributed by atoms with van der Waals surface area (Å²) in [6, 6.07) is 5.56. The Morgan fingerprint density at radius 2 is 1.89 bits per heavy atom. The normalized spacial score (nSPS) is 15.9. The van der Waals surface area contributed by atoms with Gasteiger partial charge in [-0.2, -0.15) is 0 Å². The number of anilines is 2. The number of aryl methyl sites for hydroxylation is 1. The smallest absolute Gasteiger partial charge is 0.313 e. The van der Waals surface area contributed by atoms with Gasteiger partial charge < -0.3 is 20.4 Å². The van der Waals surface area contributed by atoms with Crippen LogP contribution in [-0.4, -0.2) is 50.4 Å². The first kappa shape index (κ1) is 20.3. The van der Waals surface area contributed by atoms with Gasteiger partial charge in [-0.1, -0.05) is 6.07 Å². The number of nitrogens with one attached hydrogen (secondary N) is 3. The van der Waals surface area contributed by atoms with Gasteiger partial charge in [0, 0.05) is 23.8 Å². The van der Waals surface area contributed by atoms with E-state index in [2.05, 4.69) is 24.5 Å². The molecule has 1 aliphatic heterocycles. The fourth-order valence-electron chi connectivity index (χ4n) is 3.66. The molecule has 3 rings (SSSR count). The number of carbonyl (C=O) groups is 3. The molecule has 1 aromatic carbocycles. The highest BCUT2D eigenvalue weighted by Gasteiger charge is 2.35. The highest BCUT2D eigenvalue weighted by atomic mass is 16.2. The van der Waals surface area contributed by atoms with Crippen molar-refractivity contribution >= 4 is 29.1 Å². The lowest BCUT2D eigenvalue weighted by molar-refractivity contribution is -0.895. The van der Waals surface area contributed by atoms with Crippen LogP contribution in [0.5, 0.6) is 0 Å². The lowest BCUT2D eigenvalue weighted by Gasteiger charge is -2.30. The number of hydrogen-bond acceptors (Lipinski definition) is 3. The van der Waals surface area contributed by atoms with Crippen molar-refractivity contribution < 1.29 is 19.3 Å². The Morgan fingerprint density at radius 3 is 2.57 bits per heavy atom. The zero-order valence-corrected chi connectivity index (χ0v) is 16.8. The number of likely N-dealkylation sites (N-methyl/N-ethyl adjacent to an activating group) is 1. The number of nitrogens with zero attached hydrogens (tertiary/aromatic N) is 1. The van der Waals surface area contributed by atoms with Crippen molar-refractivity contribution in [3.63, 3.8) is 0 Å². The van der Waals surface area contributed by atoms with E-state index < -0.39 is 11.8 Å². The molecule has 0 spiro atoms. The van der Waals surface area contributed by atoms with E-state index in [-0.39, 0.29) is 11.8 Å². The summed E-state index contributed by atoms with van der Waals surface area (Å²) in [5, 5.41) is 5.34. The van der Waals surface area contributed by atoms with Gasteiger partial charge in [-0.15, -0.1) is 0 Å². The summed E-state index contributed by atoms with van der Waals surface area (Å²) >= 11 is 0. The van der Waals surface area contributed by atoms with Crippen LogP contribution in [0.25, 0.3) is 0 Å². The summed E-state index contributed by atoms with van der Waals surface area (Å²) in [6.45, 7) is 8.16. The van der Waals surface area contributed by atoms with Gasteiger partial charge in [-0.3, -0.25) is 14.4 Å². The Kier molecular flexibility index (Phi) is 6.67. The maximum atomic E-state index is 12.6. The average molecular weight is 388 g/mol. The Labute approximate surface area is 166 Å². The maximum absolute atomic E-state index is 12.6. The number of hydrogen-bond donors (Lipinski definition) is 3. The van der Waals surface area contributed by atoms with Crippen LogP contribution in [0, 0.1) is 5.92 Å². The van der Waals surface area contributed by atoms with Crippen LogP contribution >= 0.6 is 0 Å². The zero-order valence-electron chi connectivity index (χ0n) is 16.8. The molecule has 0 atom stereocenters. The molecule has 152 valence electrons. The topological polar surface area (TPSA) is 82.9 Å². The Morgan fingerprint density at radius 1 is 1.14 bits per heavy atom. The van der Waals surface area contributed by atoms with Crippen molar-refractivity contribution in [2.75, 3.05) is 42.9 Å². The van der Waals surface area contributed by atoms with Crippen LogP contribution < -0.4 is 20.4 Å². The van der Waals surface area contributed by atoms with Gasteiger partial charge in [0.25, 0.3) is 0 Å². The van der Waals surface area contributed by atoms with Crippen molar-refractivity contribution in [1.82, 2.24) is 5.32 Å². The molecular formula is C21H31N4O3+. The molecule has 7 heteroatoms. The predicted octanol–water partition coefficient (Wildman–Crippen LogP) is 0.355. The van der Waals surface area contributed by atoms with Crippen LogP contribution in [0.2, 0.25) is 0 Å². The number of fused-ring (bicyclic) bond motifs is 1. The highest BCUT2D eigenvalue weighted by Crippen LogP contribution is 2.36. The summed E-state index contributed by atoms with van der Waals surface area (Å²) in [7, 11) is 0. The lowest BCUT2D eigenvalue weighted by Crippen LogP contribution is -3.12. The van der Waals surface area contributed by atoms with Gasteiger partial charge in [0.05, 0.1) is 26.2 Å². The van der Waals surface area contributed by atoms with E-state index >= 15 is 0 Å². The standard InChI is InChI=1S/C21H30N4O3/c1-3-24(4-2)13-11-22-19(26)20(27)23-17-10-9-15-6-5-12-25(18(15)14-17)21(28)16-7-8-16/h9-10,14,16H,3-8,11-13H2,1-2H3,(H,22,26)(H,23,27)/p+1. The van der Waals surface area contributed by atoms with Gasteiger partial charge in [0.2, 0.25) is 5.91 Å². The molecule has 0 saturated heterocycles. The number of rotatable bonds is 7. The van der Waals surface area contributed by atoms with Crippen LogP contribution in [0.3, 0.4) is 0 Å². The van der Waals surface area contributed by atoms with Crippen molar-refractivity contribution in [2.45, 2.75) is 39.5 Å². The van der Waals surface area contributed by atoms with E-state index in [4.69, 9.17) is 0 Å². The van der Waals surface area contributed by atoms with Crippen molar-refractivity contribution in [3.05, 3.63) is 23.8 Å². The molecule has 1 saturated carbocycles. The van der Waals surface area contributed by atoms with E-state index in [1.54, 1.807) is 6.07 Å². The van der Waals surface area contributed by atoms with Gasteiger partial charge in [0.1, 0.15) is 0 Å². The number of amides is 3. The molecule has 3 N–H and O–H groups in total. The van der Waals surface area contributed by atoms with Gasteiger partial charge in [-0.05, 0) is 57.2 Å². The van der Waals surface area contributed by atoms with E-state index in [1.807, 2.05) is 17.0 Å². The maximum Gasteiger partial charge on any atom is 0.313 e. The molecule has 1 fully saturated rings. The fraction of sp³-hybridized carbons (Fsp3) is 0.571. The quantitative estimate of drug-likeness (QED) is 0.591. The second-order valence-corrected chi connectivity index (χ2v) is 7.63. The largest absolute Gasteiger partial charge is 0.342 e. The molecule has 0 aromatic heterocycles. The van der Waals surface area contributed by atoms with Gasteiger partial charge in [0.15, 0.2) is 0 Å². The first-order valence-electron chi connectivity index (χ1n) is 10.4. The first-order valence-corrected chi connectivity index (χ1v) is 10.4. The third kappa shape index (κ3) is 4.90. The summed E-state index contributed by atoms with van der Waals surface area (Å²) in [4.78, 5) is 40.1. The SMILES string of the molecule is CC[NH+](CC)CCNC(=O)C(=O)Nc1ccc2c(c1)N(C(=O)C1CC1)CCC2. The predicted molar refractivity (Wildman–Crippen MR) is 108 cm³/mol. The molecule has 1 aromatic rings. The molecule has 3 amide bonds.